The standard InChI is InChI=1S/C16H12F6N2O3/c1-26-11-6-12(14(25)23-8-15(17,18)19)24-13(7-11)27-10-4-2-3-9(5-10)16(20,21)22/h2-7H,8H2,1H3,(H,23,25). The van der Waals surface area contributed by atoms with E-state index in [-0.39, 0.29) is 17.4 Å². The van der Waals surface area contributed by atoms with Crippen molar-refractivity contribution in [2.24, 2.45) is 0 Å². The second-order valence-corrected chi connectivity index (χ2v) is 5.16. The number of benzene rings is 1. The maximum atomic E-state index is 12.7. The minimum Gasteiger partial charge on any atom is -0.496 e. The number of halogens is 6. The third-order valence-corrected chi connectivity index (χ3v) is 3.08. The Balaban J connectivity index is 2.26. The summed E-state index contributed by atoms with van der Waals surface area (Å²) in [4.78, 5) is 15.5. The quantitative estimate of drug-likeness (QED) is 0.773. The fraction of sp³-hybridized carbons (Fsp3) is 0.250. The van der Waals surface area contributed by atoms with E-state index in [1.54, 1.807) is 5.32 Å². The van der Waals surface area contributed by atoms with Crippen LogP contribution >= 0.6 is 0 Å². The zero-order valence-electron chi connectivity index (χ0n) is 13.6. The fourth-order valence-electron chi connectivity index (χ4n) is 1.90. The van der Waals surface area contributed by atoms with E-state index in [2.05, 4.69) is 4.98 Å². The summed E-state index contributed by atoms with van der Waals surface area (Å²) in [6.45, 7) is -1.57. The number of pyridine rings is 1. The monoisotopic (exact) mass is 394 g/mol. The molecule has 0 bridgehead atoms. The van der Waals surface area contributed by atoms with Gasteiger partial charge in [-0.15, -0.1) is 0 Å². The van der Waals surface area contributed by atoms with Crippen molar-refractivity contribution in [3.63, 3.8) is 0 Å². The number of carbonyl (C=O) groups is 1. The Morgan fingerprint density at radius 3 is 2.37 bits per heavy atom. The number of carbonyl (C=O) groups excluding carboxylic acids is 1. The summed E-state index contributed by atoms with van der Waals surface area (Å²) in [5.74, 6) is -1.69. The molecule has 0 aliphatic carbocycles. The Hall–Kier alpha value is -2.98. The summed E-state index contributed by atoms with van der Waals surface area (Å²) in [7, 11) is 1.22. The zero-order chi connectivity index (χ0) is 20.2. The van der Waals surface area contributed by atoms with Crippen LogP contribution in [-0.4, -0.2) is 30.7 Å². The lowest BCUT2D eigenvalue weighted by atomic mass is 10.2. The predicted molar refractivity (Wildman–Crippen MR) is 80.7 cm³/mol. The van der Waals surface area contributed by atoms with Gasteiger partial charge >= 0.3 is 12.4 Å². The van der Waals surface area contributed by atoms with E-state index < -0.39 is 36.1 Å². The number of ether oxygens (including phenoxy) is 2. The van der Waals surface area contributed by atoms with Crippen molar-refractivity contribution in [1.29, 1.82) is 0 Å². The molecule has 2 rings (SSSR count). The minimum atomic E-state index is -4.62. The van der Waals surface area contributed by atoms with Crippen molar-refractivity contribution in [3.8, 4) is 17.4 Å². The van der Waals surface area contributed by atoms with E-state index in [1.165, 1.54) is 19.2 Å². The second kappa shape index (κ2) is 7.72. The molecular weight excluding hydrogens is 382 g/mol. The molecule has 1 aromatic heterocycles. The van der Waals surface area contributed by atoms with Gasteiger partial charge in [-0.1, -0.05) is 6.07 Å². The van der Waals surface area contributed by atoms with Crippen LogP contribution in [0.1, 0.15) is 16.1 Å². The molecule has 0 radical (unpaired) electrons. The van der Waals surface area contributed by atoms with Crippen molar-refractivity contribution in [1.82, 2.24) is 10.3 Å². The van der Waals surface area contributed by atoms with Gasteiger partial charge in [0.25, 0.3) is 5.91 Å². The molecule has 0 aliphatic heterocycles. The molecule has 1 N–H and O–H groups in total. The van der Waals surface area contributed by atoms with Crippen LogP contribution in [-0.2, 0) is 6.18 Å². The Kier molecular flexibility index (Phi) is 5.82. The summed E-state index contributed by atoms with van der Waals surface area (Å²) in [6, 6.07) is 6.10. The number of nitrogens with zero attached hydrogens (tertiary/aromatic N) is 1. The Bertz CT molecular complexity index is 821. The summed E-state index contributed by atoms with van der Waals surface area (Å²) in [6.07, 6.45) is -9.21. The molecule has 2 aromatic rings. The molecule has 0 saturated carbocycles. The van der Waals surface area contributed by atoms with Crippen LogP contribution in [0.5, 0.6) is 17.4 Å². The number of amides is 1. The van der Waals surface area contributed by atoms with Gasteiger partial charge in [0, 0.05) is 12.1 Å². The number of hydrogen-bond donors (Lipinski definition) is 1. The molecule has 11 heteroatoms. The first-order valence-electron chi connectivity index (χ1n) is 7.24. The first kappa shape index (κ1) is 20.3. The van der Waals surface area contributed by atoms with Crippen molar-refractivity contribution in [3.05, 3.63) is 47.7 Å². The largest absolute Gasteiger partial charge is 0.496 e. The van der Waals surface area contributed by atoms with Gasteiger partial charge in [-0.3, -0.25) is 4.79 Å². The van der Waals surface area contributed by atoms with Gasteiger partial charge in [-0.05, 0) is 18.2 Å². The summed E-state index contributed by atoms with van der Waals surface area (Å²) in [5.41, 5.74) is -1.42. The van der Waals surface area contributed by atoms with Crippen LogP contribution in [0.15, 0.2) is 36.4 Å². The normalized spacial score (nSPS) is 11.8. The van der Waals surface area contributed by atoms with E-state index in [4.69, 9.17) is 9.47 Å². The van der Waals surface area contributed by atoms with Gasteiger partial charge in [0.15, 0.2) is 0 Å². The van der Waals surface area contributed by atoms with Crippen molar-refractivity contribution >= 4 is 5.91 Å². The molecule has 0 spiro atoms. The van der Waals surface area contributed by atoms with Crippen LogP contribution in [0.4, 0.5) is 26.3 Å². The van der Waals surface area contributed by atoms with E-state index in [9.17, 15) is 31.1 Å². The molecule has 0 unspecified atom stereocenters. The molecule has 0 saturated heterocycles. The Morgan fingerprint density at radius 1 is 1.07 bits per heavy atom. The van der Waals surface area contributed by atoms with E-state index in [1.807, 2.05) is 0 Å². The number of methoxy groups -OCH3 is 1. The third kappa shape index (κ3) is 6.04. The average Bonchev–Trinajstić information content (AvgIpc) is 2.58. The number of alkyl halides is 6. The highest BCUT2D eigenvalue weighted by molar-refractivity contribution is 5.92. The lowest BCUT2D eigenvalue weighted by Crippen LogP contribution is -2.34. The minimum absolute atomic E-state index is 0.0177. The molecule has 5 nitrogen and oxygen atoms in total. The van der Waals surface area contributed by atoms with Gasteiger partial charge in [0.2, 0.25) is 5.88 Å². The third-order valence-electron chi connectivity index (χ3n) is 3.08. The van der Waals surface area contributed by atoms with Crippen LogP contribution in [0.3, 0.4) is 0 Å². The summed E-state index contributed by atoms with van der Waals surface area (Å²) in [5, 5.41) is 1.62. The molecule has 0 aliphatic rings. The molecule has 1 aromatic carbocycles. The number of rotatable bonds is 5. The van der Waals surface area contributed by atoms with Crippen LogP contribution in [0.2, 0.25) is 0 Å². The number of aromatic nitrogens is 1. The van der Waals surface area contributed by atoms with E-state index in [0.717, 1.165) is 18.2 Å². The zero-order valence-corrected chi connectivity index (χ0v) is 13.6. The maximum Gasteiger partial charge on any atom is 0.416 e. The van der Waals surface area contributed by atoms with Gasteiger partial charge in [0.1, 0.15) is 23.7 Å². The van der Waals surface area contributed by atoms with Gasteiger partial charge < -0.3 is 14.8 Å². The first-order valence-corrected chi connectivity index (χ1v) is 7.24. The molecule has 146 valence electrons. The van der Waals surface area contributed by atoms with E-state index >= 15 is 0 Å². The summed E-state index contributed by atoms with van der Waals surface area (Å²) >= 11 is 0. The van der Waals surface area contributed by atoms with Crippen LogP contribution in [0.25, 0.3) is 0 Å². The summed E-state index contributed by atoms with van der Waals surface area (Å²) < 4.78 is 84.9. The van der Waals surface area contributed by atoms with Crippen molar-refractivity contribution in [2.45, 2.75) is 12.4 Å². The lowest BCUT2D eigenvalue weighted by Gasteiger charge is -2.12. The lowest BCUT2D eigenvalue weighted by molar-refractivity contribution is -0.137. The molecule has 1 amide bonds. The van der Waals surface area contributed by atoms with Crippen molar-refractivity contribution < 1.29 is 40.6 Å². The van der Waals surface area contributed by atoms with Crippen LogP contribution in [0, 0.1) is 0 Å². The van der Waals surface area contributed by atoms with Gasteiger partial charge in [-0.25, -0.2) is 4.98 Å². The molecule has 0 atom stereocenters. The van der Waals surface area contributed by atoms with Crippen LogP contribution < -0.4 is 14.8 Å². The first-order chi connectivity index (χ1) is 12.5. The topological polar surface area (TPSA) is 60.5 Å². The maximum absolute atomic E-state index is 12.7. The number of nitrogens with one attached hydrogen (secondary N) is 1. The smallest absolute Gasteiger partial charge is 0.416 e. The average molecular weight is 394 g/mol. The molecule has 0 fully saturated rings. The van der Waals surface area contributed by atoms with Gasteiger partial charge in [-0.2, -0.15) is 26.3 Å². The molecule has 27 heavy (non-hydrogen) atoms. The second-order valence-electron chi connectivity index (χ2n) is 5.16. The van der Waals surface area contributed by atoms with Gasteiger partial charge in [0.05, 0.1) is 12.7 Å². The Labute approximate surface area is 148 Å². The predicted octanol–water partition coefficient (Wildman–Crippen LogP) is 4.19. The fourth-order valence-corrected chi connectivity index (χ4v) is 1.90. The molecular formula is C16H12F6N2O3. The highest BCUT2D eigenvalue weighted by atomic mass is 19.4. The molecule has 1 heterocycles. The van der Waals surface area contributed by atoms with E-state index in [0.29, 0.717) is 6.07 Å². The Morgan fingerprint density at radius 2 is 1.78 bits per heavy atom. The number of hydrogen-bond acceptors (Lipinski definition) is 4. The highest BCUT2D eigenvalue weighted by Gasteiger charge is 2.31. The van der Waals surface area contributed by atoms with Crippen molar-refractivity contribution in [2.75, 3.05) is 13.7 Å². The highest BCUT2D eigenvalue weighted by Crippen LogP contribution is 2.33. The SMILES string of the molecule is COc1cc(Oc2cccc(C(F)(F)F)c2)nc(C(=O)NCC(F)(F)F)c1.